The molecule has 0 amide bonds. The van der Waals surface area contributed by atoms with E-state index in [1.165, 1.54) is 6.07 Å². The van der Waals surface area contributed by atoms with Crippen molar-refractivity contribution in [2.45, 2.75) is 13.1 Å². The average Bonchev–Trinajstić information content (AvgIpc) is 2.89. The Kier molecular flexibility index (Phi) is 7.95. The number of hydrogen-bond acceptors (Lipinski definition) is 4. The molecule has 7 nitrogen and oxygen atoms in total. The second-order valence-electron chi connectivity index (χ2n) is 8.35. The minimum absolute atomic E-state index is 0.179. The predicted molar refractivity (Wildman–Crippen MR) is 134 cm³/mol. The third-order valence-corrected chi connectivity index (χ3v) is 5.96. The monoisotopic (exact) mass is 476 g/mol. The van der Waals surface area contributed by atoms with E-state index in [1.807, 2.05) is 36.4 Å². The van der Waals surface area contributed by atoms with Crippen molar-refractivity contribution in [3.63, 3.8) is 0 Å². The zero-order valence-corrected chi connectivity index (χ0v) is 19.7. The molecule has 0 unspecified atom stereocenters. The van der Waals surface area contributed by atoms with Crippen LogP contribution < -0.4 is 10.1 Å². The number of rotatable bonds is 7. The number of carbonyl (C=O) groups is 1. The van der Waals surface area contributed by atoms with Gasteiger partial charge in [0.25, 0.3) is 0 Å². The smallest absolute Gasteiger partial charge is 0.335 e. The lowest BCUT2D eigenvalue weighted by Crippen LogP contribution is -2.50. The first kappa shape index (κ1) is 24.2. The summed E-state index contributed by atoms with van der Waals surface area (Å²) >= 11 is 0. The molecule has 0 atom stereocenters. The first-order valence-corrected chi connectivity index (χ1v) is 11.5. The number of nitrogens with zero attached hydrogens (tertiary/aromatic N) is 3. The molecule has 0 aromatic heterocycles. The average molecular weight is 477 g/mol. The minimum Gasteiger partial charge on any atom is -0.497 e. The molecule has 2 N–H and O–H groups in total. The lowest BCUT2D eigenvalue weighted by atomic mass is 10.2. The number of carboxylic acid groups (broad SMARTS) is 1. The van der Waals surface area contributed by atoms with E-state index in [-0.39, 0.29) is 11.4 Å². The number of halogens is 1. The molecule has 0 spiro atoms. The number of aromatic carboxylic acids is 1. The van der Waals surface area contributed by atoms with Crippen molar-refractivity contribution in [1.29, 1.82) is 0 Å². The van der Waals surface area contributed by atoms with Crippen LogP contribution in [0.5, 0.6) is 5.75 Å². The zero-order valence-electron chi connectivity index (χ0n) is 19.7. The van der Waals surface area contributed by atoms with Crippen LogP contribution in [-0.2, 0) is 13.1 Å². The Morgan fingerprint density at radius 2 is 1.77 bits per heavy atom. The Balaban J connectivity index is 1.47. The van der Waals surface area contributed by atoms with Gasteiger partial charge in [-0.2, -0.15) is 0 Å². The van der Waals surface area contributed by atoms with E-state index in [1.54, 1.807) is 37.4 Å². The first-order chi connectivity index (χ1) is 17.0. The molecule has 0 radical (unpaired) electrons. The largest absolute Gasteiger partial charge is 0.497 e. The van der Waals surface area contributed by atoms with E-state index in [9.17, 15) is 14.3 Å². The van der Waals surface area contributed by atoms with Gasteiger partial charge in [-0.15, -0.1) is 0 Å². The lowest BCUT2D eigenvalue weighted by Gasteiger charge is -2.36. The highest BCUT2D eigenvalue weighted by atomic mass is 19.1. The summed E-state index contributed by atoms with van der Waals surface area (Å²) in [7, 11) is 1.64. The van der Waals surface area contributed by atoms with E-state index in [0.29, 0.717) is 24.6 Å². The summed E-state index contributed by atoms with van der Waals surface area (Å²) in [6.45, 7) is 4.03. The number of ether oxygens (including phenoxy) is 1. The Bertz CT molecular complexity index is 1180. The van der Waals surface area contributed by atoms with Crippen LogP contribution in [0.2, 0.25) is 0 Å². The molecule has 4 rings (SSSR count). The van der Waals surface area contributed by atoms with Crippen LogP contribution in [0.15, 0.2) is 77.8 Å². The second-order valence-corrected chi connectivity index (χ2v) is 8.35. The molecule has 1 aliphatic heterocycles. The van der Waals surface area contributed by atoms with Crippen molar-refractivity contribution in [3.8, 4) is 5.75 Å². The van der Waals surface area contributed by atoms with Gasteiger partial charge in [0.2, 0.25) is 0 Å². The number of carboxylic acids is 1. The maximum Gasteiger partial charge on any atom is 0.335 e. The van der Waals surface area contributed by atoms with Gasteiger partial charge in [-0.1, -0.05) is 30.3 Å². The van der Waals surface area contributed by atoms with Gasteiger partial charge in [0, 0.05) is 44.0 Å². The molecule has 0 bridgehead atoms. The molecule has 3 aromatic rings. The van der Waals surface area contributed by atoms with Crippen LogP contribution in [0, 0.1) is 5.82 Å². The lowest BCUT2D eigenvalue weighted by molar-refractivity contribution is 0.0697. The Hall–Kier alpha value is -3.91. The number of piperazine rings is 1. The van der Waals surface area contributed by atoms with Crippen LogP contribution in [0.25, 0.3) is 0 Å². The zero-order chi connectivity index (χ0) is 24.6. The highest BCUT2D eigenvalue weighted by Gasteiger charge is 2.21. The summed E-state index contributed by atoms with van der Waals surface area (Å²) in [6.07, 6.45) is 0. The SMILES string of the molecule is COc1cccc(CN=C(Nc2ccc(C(=O)O)cc2)N2CCN(Cc3ccccc3F)CC2)c1. The fourth-order valence-electron chi connectivity index (χ4n) is 3.97. The number of guanidine groups is 1. The highest BCUT2D eigenvalue weighted by molar-refractivity contribution is 5.94. The van der Waals surface area contributed by atoms with Crippen LogP contribution in [0.1, 0.15) is 21.5 Å². The van der Waals surface area contributed by atoms with Gasteiger partial charge in [0.1, 0.15) is 11.6 Å². The number of aliphatic imine (C=N–C) groups is 1. The fraction of sp³-hybridized carbons (Fsp3) is 0.259. The first-order valence-electron chi connectivity index (χ1n) is 11.5. The summed E-state index contributed by atoms with van der Waals surface area (Å²) in [5, 5.41) is 12.5. The Labute approximate surface area is 204 Å². The van der Waals surface area contributed by atoms with Gasteiger partial charge < -0.3 is 20.1 Å². The molecular formula is C27H29FN4O3. The summed E-state index contributed by atoms with van der Waals surface area (Å²) < 4.78 is 19.4. The van der Waals surface area contributed by atoms with E-state index in [0.717, 1.165) is 43.2 Å². The molecule has 1 aliphatic rings. The van der Waals surface area contributed by atoms with Crippen molar-refractivity contribution < 1.29 is 19.0 Å². The molecule has 1 fully saturated rings. The van der Waals surface area contributed by atoms with Crippen molar-refractivity contribution in [3.05, 3.63) is 95.3 Å². The van der Waals surface area contributed by atoms with Gasteiger partial charge in [-0.05, 0) is 48.0 Å². The van der Waals surface area contributed by atoms with E-state index in [4.69, 9.17) is 9.73 Å². The van der Waals surface area contributed by atoms with Crippen LogP contribution >= 0.6 is 0 Å². The molecule has 182 valence electrons. The molecule has 0 saturated carbocycles. The van der Waals surface area contributed by atoms with Gasteiger partial charge in [0.05, 0.1) is 19.2 Å². The topological polar surface area (TPSA) is 77.4 Å². The van der Waals surface area contributed by atoms with Gasteiger partial charge in [0.15, 0.2) is 5.96 Å². The Morgan fingerprint density at radius 3 is 2.46 bits per heavy atom. The van der Waals surface area contributed by atoms with Crippen LogP contribution in [0.4, 0.5) is 10.1 Å². The second kappa shape index (κ2) is 11.5. The number of hydrogen-bond donors (Lipinski definition) is 2. The van der Waals surface area contributed by atoms with Crippen LogP contribution in [-0.4, -0.2) is 60.1 Å². The summed E-state index contributed by atoms with van der Waals surface area (Å²) in [4.78, 5) is 20.4. The van der Waals surface area contributed by atoms with Crippen molar-refractivity contribution in [2.24, 2.45) is 4.99 Å². The summed E-state index contributed by atoms with van der Waals surface area (Å²) in [5.41, 5.74) is 2.70. The van der Waals surface area contributed by atoms with Crippen molar-refractivity contribution in [1.82, 2.24) is 9.80 Å². The molecule has 8 heteroatoms. The normalized spacial score (nSPS) is 14.6. The number of methoxy groups -OCH3 is 1. The minimum atomic E-state index is -0.963. The Morgan fingerprint density at radius 1 is 1.03 bits per heavy atom. The number of nitrogens with one attached hydrogen (secondary N) is 1. The molecule has 3 aromatic carbocycles. The highest BCUT2D eigenvalue weighted by Crippen LogP contribution is 2.17. The molecule has 35 heavy (non-hydrogen) atoms. The maximum atomic E-state index is 14.1. The molecule has 0 aliphatic carbocycles. The van der Waals surface area contributed by atoms with Crippen molar-refractivity contribution >= 4 is 17.6 Å². The van der Waals surface area contributed by atoms with Gasteiger partial charge in [-0.25, -0.2) is 14.2 Å². The van der Waals surface area contributed by atoms with E-state index in [2.05, 4.69) is 15.1 Å². The maximum absolute atomic E-state index is 14.1. The summed E-state index contributed by atoms with van der Waals surface area (Å²) in [6, 6.07) is 21.3. The number of anilines is 1. The molecular weight excluding hydrogens is 447 g/mol. The van der Waals surface area contributed by atoms with E-state index >= 15 is 0 Å². The molecule has 1 saturated heterocycles. The van der Waals surface area contributed by atoms with Gasteiger partial charge in [-0.3, -0.25) is 4.90 Å². The fourth-order valence-corrected chi connectivity index (χ4v) is 3.97. The summed E-state index contributed by atoms with van der Waals surface area (Å²) in [5.74, 6) is 0.344. The third-order valence-electron chi connectivity index (χ3n) is 5.96. The van der Waals surface area contributed by atoms with Crippen LogP contribution in [0.3, 0.4) is 0 Å². The van der Waals surface area contributed by atoms with E-state index < -0.39 is 5.97 Å². The van der Waals surface area contributed by atoms with Gasteiger partial charge >= 0.3 is 5.97 Å². The van der Waals surface area contributed by atoms with Crippen molar-refractivity contribution in [2.75, 3.05) is 38.6 Å². The third kappa shape index (κ3) is 6.58. The number of benzene rings is 3. The molecule has 1 heterocycles. The standard InChI is InChI=1S/C27H29FN4O3/c1-35-24-7-4-5-20(17-24)18-29-27(30-23-11-9-21(10-12-23)26(33)34)32-15-13-31(14-16-32)19-22-6-2-3-8-25(22)28/h2-12,17H,13-16,18-19H2,1H3,(H,29,30)(H,33,34). The quantitative estimate of drug-likeness (QED) is 0.391. The predicted octanol–water partition coefficient (Wildman–Crippen LogP) is 4.32.